The second kappa shape index (κ2) is 8.40. The van der Waals surface area contributed by atoms with Crippen molar-refractivity contribution in [2.45, 2.75) is 38.4 Å². The van der Waals surface area contributed by atoms with E-state index < -0.39 is 47.5 Å². The number of piperazine rings is 1. The maximum Gasteiger partial charge on any atom is 0.435 e. The smallest absolute Gasteiger partial charge is 0.367 e. The van der Waals surface area contributed by atoms with Crippen molar-refractivity contribution < 1.29 is 27.6 Å². The van der Waals surface area contributed by atoms with Crippen molar-refractivity contribution in [1.29, 1.82) is 5.41 Å². The fourth-order valence-electron chi connectivity index (χ4n) is 3.72. The number of hydrogen-bond acceptors (Lipinski definition) is 6. The number of hydrogen-bond donors (Lipinski definition) is 4. The van der Waals surface area contributed by atoms with Crippen molar-refractivity contribution in [3.05, 3.63) is 28.3 Å². The van der Waals surface area contributed by atoms with E-state index in [-0.39, 0.29) is 17.7 Å². The van der Waals surface area contributed by atoms with Crippen molar-refractivity contribution in [3.63, 3.8) is 0 Å². The first-order chi connectivity index (χ1) is 14.5. The number of carbonyl (C=O) groups is 3. The van der Waals surface area contributed by atoms with E-state index in [0.29, 0.717) is 38.0 Å². The number of nitrogens with one attached hydrogen (secondary N) is 3. The van der Waals surface area contributed by atoms with Gasteiger partial charge in [-0.25, -0.2) is 0 Å². The van der Waals surface area contributed by atoms with E-state index in [1.807, 2.05) is 0 Å². The number of primary amides is 1. The number of nitrogens with zero attached hydrogens (tertiary/aromatic N) is 3. The molecule has 3 amide bonds. The number of fused-ring (bicyclic) bond motifs is 1. The third-order valence-corrected chi connectivity index (χ3v) is 5.15. The molecule has 0 bridgehead atoms. The van der Waals surface area contributed by atoms with E-state index in [1.165, 1.54) is 11.9 Å². The summed E-state index contributed by atoms with van der Waals surface area (Å²) in [6.45, 7) is 0.101. The number of amides is 3. The van der Waals surface area contributed by atoms with Gasteiger partial charge in [0, 0.05) is 31.4 Å². The molecule has 0 saturated carbocycles. The van der Waals surface area contributed by atoms with Gasteiger partial charge in [-0.2, -0.15) is 18.3 Å². The zero-order valence-corrected chi connectivity index (χ0v) is 16.7. The summed E-state index contributed by atoms with van der Waals surface area (Å²) in [5.41, 5.74) is 3.23. The zero-order valence-electron chi connectivity index (χ0n) is 16.7. The number of aromatic nitrogens is 2. The maximum absolute atomic E-state index is 13.3. The van der Waals surface area contributed by atoms with Crippen LogP contribution in [0.1, 0.15) is 29.8 Å². The van der Waals surface area contributed by atoms with Crippen molar-refractivity contribution in [2.24, 2.45) is 5.73 Å². The summed E-state index contributed by atoms with van der Waals surface area (Å²) in [6, 6.07) is 0. The van der Waals surface area contributed by atoms with Gasteiger partial charge in [0.25, 0.3) is 11.8 Å². The molecule has 0 spiro atoms. The SMILES string of the molecule is CN1CCNC(=O)/C1=C(\NC(=O)Cn1nc(C(F)(F)F)c2c1CCCC2)C(=N)C(N)=O. The first kappa shape index (κ1) is 22.3. The van der Waals surface area contributed by atoms with Gasteiger partial charge in [0.15, 0.2) is 5.69 Å². The van der Waals surface area contributed by atoms with E-state index in [4.69, 9.17) is 11.1 Å². The largest absolute Gasteiger partial charge is 0.435 e. The molecule has 168 valence electrons. The van der Waals surface area contributed by atoms with Crippen LogP contribution in [-0.2, 0) is 39.9 Å². The van der Waals surface area contributed by atoms with Crippen LogP contribution in [0, 0.1) is 5.41 Å². The Morgan fingerprint density at radius 1 is 1.29 bits per heavy atom. The molecule has 13 heteroatoms. The molecule has 0 aromatic carbocycles. The Bertz CT molecular complexity index is 981. The van der Waals surface area contributed by atoms with Crippen LogP contribution in [-0.4, -0.2) is 58.3 Å². The van der Waals surface area contributed by atoms with Gasteiger partial charge in [-0.1, -0.05) is 0 Å². The third kappa shape index (κ3) is 4.54. The first-order valence-electron chi connectivity index (χ1n) is 9.58. The van der Waals surface area contributed by atoms with E-state index in [2.05, 4.69) is 15.7 Å². The number of alkyl halides is 3. The normalized spacial score (nSPS) is 18.2. The molecule has 2 heterocycles. The lowest BCUT2D eigenvalue weighted by Gasteiger charge is -2.29. The molecule has 1 aromatic rings. The monoisotopic (exact) mass is 441 g/mol. The van der Waals surface area contributed by atoms with Crippen molar-refractivity contribution in [2.75, 3.05) is 20.1 Å². The summed E-state index contributed by atoms with van der Waals surface area (Å²) in [6.07, 6.45) is -2.81. The van der Waals surface area contributed by atoms with E-state index in [1.54, 1.807) is 0 Å². The minimum absolute atomic E-state index is 0.0846. The number of carbonyl (C=O) groups excluding carboxylic acids is 3. The third-order valence-electron chi connectivity index (χ3n) is 5.15. The quantitative estimate of drug-likeness (QED) is 0.365. The molecule has 1 aromatic heterocycles. The average Bonchev–Trinajstić information content (AvgIpc) is 3.05. The predicted octanol–water partition coefficient (Wildman–Crippen LogP) is -0.325. The van der Waals surface area contributed by atoms with Crippen LogP contribution in [0.3, 0.4) is 0 Å². The molecule has 0 radical (unpaired) electrons. The van der Waals surface area contributed by atoms with Crippen LogP contribution in [0.25, 0.3) is 0 Å². The molecular weight excluding hydrogens is 419 g/mol. The molecule has 1 saturated heterocycles. The van der Waals surface area contributed by atoms with Gasteiger partial charge in [-0.15, -0.1) is 0 Å². The van der Waals surface area contributed by atoms with Gasteiger partial charge in [0.1, 0.15) is 23.7 Å². The Balaban J connectivity index is 1.92. The number of likely N-dealkylation sites (N-methyl/N-ethyl adjacent to an activating group) is 1. The molecule has 3 rings (SSSR count). The Labute approximate surface area is 175 Å². The number of halogens is 3. The van der Waals surface area contributed by atoms with Gasteiger partial charge < -0.3 is 21.3 Å². The van der Waals surface area contributed by atoms with Crippen LogP contribution in [0.5, 0.6) is 0 Å². The lowest BCUT2D eigenvalue weighted by Crippen LogP contribution is -2.48. The zero-order chi connectivity index (χ0) is 22.9. The van der Waals surface area contributed by atoms with Crippen LogP contribution < -0.4 is 16.4 Å². The molecule has 0 atom stereocenters. The Morgan fingerprint density at radius 3 is 2.58 bits per heavy atom. The molecule has 0 unspecified atom stereocenters. The summed E-state index contributed by atoms with van der Waals surface area (Å²) in [4.78, 5) is 37.9. The maximum atomic E-state index is 13.3. The van der Waals surface area contributed by atoms with Crippen LogP contribution in [0.4, 0.5) is 13.2 Å². The summed E-state index contributed by atoms with van der Waals surface area (Å²) < 4.78 is 41.0. The minimum Gasteiger partial charge on any atom is -0.367 e. The Kier molecular flexibility index (Phi) is 6.04. The van der Waals surface area contributed by atoms with Crippen LogP contribution in [0.15, 0.2) is 11.4 Å². The second-order valence-corrected chi connectivity index (χ2v) is 7.32. The summed E-state index contributed by atoms with van der Waals surface area (Å²) in [7, 11) is 1.54. The minimum atomic E-state index is -4.65. The number of rotatable bonds is 5. The highest BCUT2D eigenvalue weighted by Crippen LogP contribution is 2.35. The van der Waals surface area contributed by atoms with E-state index in [9.17, 15) is 27.6 Å². The first-order valence-corrected chi connectivity index (χ1v) is 9.58. The van der Waals surface area contributed by atoms with E-state index in [0.717, 1.165) is 4.68 Å². The van der Waals surface area contributed by atoms with Crippen LogP contribution in [0.2, 0.25) is 0 Å². The van der Waals surface area contributed by atoms with Gasteiger partial charge in [-0.05, 0) is 25.7 Å². The molecular formula is C18H22F3N7O3. The van der Waals surface area contributed by atoms with Gasteiger partial charge in [-0.3, -0.25) is 24.5 Å². The lowest BCUT2D eigenvalue weighted by atomic mass is 9.95. The van der Waals surface area contributed by atoms with Gasteiger partial charge in [0.2, 0.25) is 5.91 Å². The molecule has 1 aliphatic heterocycles. The lowest BCUT2D eigenvalue weighted by molar-refractivity contribution is -0.142. The number of nitrogens with two attached hydrogens (primary N) is 1. The Hall–Kier alpha value is -3.38. The fraction of sp³-hybridized carbons (Fsp3) is 0.500. The standard InChI is InChI=1S/C18H22F3N7O3/c1-27-7-6-24-17(31)14(27)13(12(22)16(23)30)25-11(29)8-28-10-5-3-2-4-9(10)15(26-28)18(19,20)21/h22H,2-8H2,1H3,(H2,23,30)(H,24,31)(H,25,29)/b14-13+,22-12?. The molecule has 2 aliphatic rings. The highest BCUT2D eigenvalue weighted by Gasteiger charge is 2.39. The van der Waals surface area contributed by atoms with Gasteiger partial charge in [0.05, 0.1) is 0 Å². The predicted molar refractivity (Wildman–Crippen MR) is 102 cm³/mol. The second-order valence-electron chi connectivity index (χ2n) is 7.32. The highest BCUT2D eigenvalue weighted by atomic mass is 19.4. The van der Waals surface area contributed by atoms with Crippen LogP contribution >= 0.6 is 0 Å². The van der Waals surface area contributed by atoms with Crippen molar-refractivity contribution in [1.82, 2.24) is 25.3 Å². The summed E-state index contributed by atoms with van der Waals surface area (Å²) >= 11 is 0. The Morgan fingerprint density at radius 2 is 1.97 bits per heavy atom. The van der Waals surface area contributed by atoms with Crippen molar-refractivity contribution in [3.8, 4) is 0 Å². The summed E-state index contributed by atoms with van der Waals surface area (Å²) in [5, 5.41) is 16.4. The fourth-order valence-corrected chi connectivity index (χ4v) is 3.72. The van der Waals surface area contributed by atoms with Gasteiger partial charge >= 0.3 is 6.18 Å². The summed E-state index contributed by atoms with van der Waals surface area (Å²) in [5.74, 6) is -2.64. The highest BCUT2D eigenvalue weighted by molar-refractivity contribution is 6.44. The molecule has 1 fully saturated rings. The molecule has 5 N–H and O–H groups in total. The molecule has 1 aliphatic carbocycles. The van der Waals surface area contributed by atoms with E-state index >= 15 is 0 Å². The topological polar surface area (TPSA) is 146 Å². The molecule has 10 nitrogen and oxygen atoms in total. The molecule has 31 heavy (non-hydrogen) atoms. The van der Waals surface area contributed by atoms with Crippen molar-refractivity contribution >= 4 is 23.4 Å². The average molecular weight is 441 g/mol.